The molecule has 1 unspecified atom stereocenters. The normalized spacial score (nSPS) is 20.7. The number of hydrogen-bond donors (Lipinski definition) is 2. The first-order valence-corrected chi connectivity index (χ1v) is 8.85. The molecule has 0 bridgehead atoms. The molecule has 0 saturated carbocycles. The van der Waals surface area contributed by atoms with Crippen molar-refractivity contribution in [2.24, 2.45) is 4.99 Å². The summed E-state index contributed by atoms with van der Waals surface area (Å²) in [5, 5.41) is 6.84. The molecule has 1 atom stereocenters. The van der Waals surface area contributed by atoms with Crippen molar-refractivity contribution >= 4 is 41.7 Å². The molecule has 2 rings (SSSR count). The zero-order valence-electron chi connectivity index (χ0n) is 14.2. The molecular weight excluding hydrogens is 421 g/mol. The van der Waals surface area contributed by atoms with E-state index in [1.807, 2.05) is 19.2 Å². The van der Waals surface area contributed by atoms with E-state index in [1.54, 1.807) is 7.11 Å². The van der Waals surface area contributed by atoms with Crippen molar-refractivity contribution in [1.29, 1.82) is 0 Å². The largest absolute Gasteiger partial charge is 0.497 e. The SMILES string of the molecule is CN=C(NCCc1ccc(OC)cc1)NCC1(C)CCCS1.I. The molecule has 1 aliphatic rings. The van der Waals surface area contributed by atoms with Crippen molar-refractivity contribution in [3.05, 3.63) is 29.8 Å². The van der Waals surface area contributed by atoms with E-state index < -0.39 is 0 Å². The van der Waals surface area contributed by atoms with E-state index in [0.29, 0.717) is 4.75 Å². The number of nitrogens with zero attached hydrogens (tertiary/aromatic N) is 1. The van der Waals surface area contributed by atoms with Gasteiger partial charge < -0.3 is 15.4 Å². The molecule has 0 amide bonds. The number of methoxy groups -OCH3 is 1. The van der Waals surface area contributed by atoms with Crippen molar-refractivity contribution < 1.29 is 4.74 Å². The van der Waals surface area contributed by atoms with Crippen LogP contribution < -0.4 is 15.4 Å². The first-order chi connectivity index (χ1) is 10.6. The highest BCUT2D eigenvalue weighted by Gasteiger charge is 2.29. The Morgan fingerprint density at radius 1 is 1.30 bits per heavy atom. The number of rotatable bonds is 6. The fourth-order valence-electron chi connectivity index (χ4n) is 2.59. The van der Waals surface area contributed by atoms with Crippen LogP contribution in [0.3, 0.4) is 0 Å². The molecule has 4 nitrogen and oxygen atoms in total. The molecule has 23 heavy (non-hydrogen) atoms. The monoisotopic (exact) mass is 449 g/mol. The number of aliphatic imine (C=N–C) groups is 1. The summed E-state index contributed by atoms with van der Waals surface area (Å²) in [5.41, 5.74) is 1.29. The summed E-state index contributed by atoms with van der Waals surface area (Å²) < 4.78 is 5.53. The Balaban J connectivity index is 0.00000264. The molecule has 0 aromatic heterocycles. The second-order valence-corrected chi connectivity index (χ2v) is 7.54. The number of hydrogen-bond acceptors (Lipinski definition) is 3. The Bertz CT molecular complexity index is 487. The van der Waals surface area contributed by atoms with E-state index >= 15 is 0 Å². The van der Waals surface area contributed by atoms with Crippen molar-refractivity contribution in [3.8, 4) is 5.75 Å². The minimum Gasteiger partial charge on any atom is -0.497 e. The van der Waals surface area contributed by atoms with E-state index in [9.17, 15) is 0 Å². The summed E-state index contributed by atoms with van der Waals surface area (Å²) in [7, 11) is 3.52. The number of ether oxygens (including phenoxy) is 1. The minimum absolute atomic E-state index is 0. The van der Waals surface area contributed by atoms with Crippen molar-refractivity contribution in [1.82, 2.24) is 10.6 Å². The average molecular weight is 449 g/mol. The van der Waals surface area contributed by atoms with E-state index in [1.165, 1.54) is 24.2 Å². The molecule has 2 N–H and O–H groups in total. The fourth-order valence-corrected chi connectivity index (χ4v) is 3.83. The van der Waals surface area contributed by atoms with Crippen LogP contribution in [-0.2, 0) is 6.42 Å². The quantitative estimate of drug-likeness (QED) is 0.398. The molecule has 0 aliphatic carbocycles. The zero-order valence-corrected chi connectivity index (χ0v) is 17.4. The van der Waals surface area contributed by atoms with Gasteiger partial charge in [0.05, 0.1) is 7.11 Å². The Labute approximate surface area is 161 Å². The molecule has 1 aromatic carbocycles. The highest BCUT2D eigenvalue weighted by Crippen LogP contribution is 2.36. The van der Waals surface area contributed by atoms with E-state index in [0.717, 1.165) is 31.2 Å². The van der Waals surface area contributed by atoms with Gasteiger partial charge in [0.2, 0.25) is 0 Å². The topological polar surface area (TPSA) is 45.7 Å². The molecule has 130 valence electrons. The molecule has 1 aliphatic heterocycles. The minimum atomic E-state index is 0. The highest BCUT2D eigenvalue weighted by atomic mass is 127. The van der Waals surface area contributed by atoms with Crippen LogP contribution in [0.15, 0.2) is 29.3 Å². The smallest absolute Gasteiger partial charge is 0.191 e. The molecular formula is C17H28IN3OS. The lowest BCUT2D eigenvalue weighted by atomic mass is 10.1. The predicted molar refractivity (Wildman–Crippen MR) is 112 cm³/mol. The van der Waals surface area contributed by atoms with Gasteiger partial charge in [0.1, 0.15) is 5.75 Å². The van der Waals surface area contributed by atoms with Gasteiger partial charge in [-0.3, -0.25) is 4.99 Å². The van der Waals surface area contributed by atoms with Crippen LogP contribution >= 0.6 is 35.7 Å². The van der Waals surface area contributed by atoms with Crippen LogP contribution in [0.25, 0.3) is 0 Å². The summed E-state index contributed by atoms with van der Waals surface area (Å²) in [6.07, 6.45) is 3.58. The lowest BCUT2D eigenvalue weighted by Gasteiger charge is -2.24. The van der Waals surface area contributed by atoms with E-state index in [4.69, 9.17) is 4.74 Å². The van der Waals surface area contributed by atoms with Gasteiger partial charge in [0.25, 0.3) is 0 Å². The molecule has 1 saturated heterocycles. The third-order valence-corrected chi connectivity index (χ3v) is 5.56. The maximum Gasteiger partial charge on any atom is 0.191 e. The molecule has 1 fully saturated rings. The second kappa shape index (κ2) is 10.3. The Morgan fingerprint density at radius 3 is 2.61 bits per heavy atom. The molecule has 1 heterocycles. The second-order valence-electron chi connectivity index (χ2n) is 5.85. The van der Waals surface area contributed by atoms with Crippen LogP contribution in [0.4, 0.5) is 0 Å². The van der Waals surface area contributed by atoms with Crippen LogP contribution in [0.5, 0.6) is 5.75 Å². The van der Waals surface area contributed by atoms with Crippen LogP contribution in [0, 0.1) is 0 Å². The van der Waals surface area contributed by atoms with Crippen molar-refractivity contribution in [3.63, 3.8) is 0 Å². The van der Waals surface area contributed by atoms with Crippen molar-refractivity contribution in [2.75, 3.05) is 33.0 Å². The van der Waals surface area contributed by atoms with Crippen LogP contribution in [0.1, 0.15) is 25.3 Å². The number of nitrogens with one attached hydrogen (secondary N) is 2. The summed E-state index contributed by atoms with van der Waals surface area (Å²) in [6.45, 7) is 4.18. The van der Waals surface area contributed by atoms with Gasteiger partial charge in [-0.25, -0.2) is 0 Å². The zero-order chi connectivity index (χ0) is 15.8. The fraction of sp³-hybridized carbons (Fsp3) is 0.588. The van der Waals surface area contributed by atoms with E-state index in [-0.39, 0.29) is 24.0 Å². The summed E-state index contributed by atoms with van der Waals surface area (Å²) >= 11 is 2.06. The van der Waals surface area contributed by atoms with Crippen molar-refractivity contribution in [2.45, 2.75) is 30.9 Å². The Morgan fingerprint density at radius 2 is 2.04 bits per heavy atom. The average Bonchev–Trinajstić information content (AvgIpc) is 2.98. The number of thioether (sulfide) groups is 1. The van der Waals surface area contributed by atoms with Gasteiger partial charge in [-0.2, -0.15) is 11.8 Å². The van der Waals surface area contributed by atoms with Crippen LogP contribution in [-0.4, -0.2) is 43.7 Å². The van der Waals surface area contributed by atoms with Gasteiger partial charge in [-0.1, -0.05) is 12.1 Å². The first-order valence-electron chi connectivity index (χ1n) is 7.87. The first kappa shape index (κ1) is 20.4. The summed E-state index contributed by atoms with van der Waals surface area (Å²) in [5.74, 6) is 3.07. The Kier molecular flexibility index (Phi) is 9.12. The van der Waals surface area contributed by atoms with Gasteiger partial charge >= 0.3 is 0 Å². The maximum absolute atomic E-state index is 5.17. The van der Waals surface area contributed by atoms with Gasteiger partial charge in [-0.15, -0.1) is 24.0 Å². The predicted octanol–water partition coefficient (Wildman–Crippen LogP) is 3.31. The molecule has 1 aromatic rings. The van der Waals surface area contributed by atoms with Gasteiger partial charge in [0.15, 0.2) is 5.96 Å². The standard InChI is InChI=1S/C17H27N3OS.HI/c1-17(10-4-12-22-17)13-20-16(18-2)19-11-9-14-5-7-15(21-3)8-6-14;/h5-8H,4,9-13H2,1-3H3,(H2,18,19,20);1H. The number of halogens is 1. The molecule has 0 spiro atoms. The third-order valence-electron chi connectivity index (χ3n) is 4.02. The number of benzene rings is 1. The molecule has 0 radical (unpaired) electrons. The summed E-state index contributed by atoms with van der Waals surface area (Å²) in [4.78, 5) is 4.30. The van der Waals surface area contributed by atoms with Crippen LogP contribution in [0.2, 0.25) is 0 Å². The maximum atomic E-state index is 5.17. The third kappa shape index (κ3) is 6.79. The number of guanidine groups is 1. The summed E-state index contributed by atoms with van der Waals surface area (Å²) in [6, 6.07) is 8.21. The lowest BCUT2D eigenvalue weighted by molar-refractivity contribution is 0.414. The van der Waals surface area contributed by atoms with Gasteiger partial charge in [0, 0.05) is 24.9 Å². The van der Waals surface area contributed by atoms with E-state index in [2.05, 4.69) is 46.4 Å². The lowest BCUT2D eigenvalue weighted by Crippen LogP contribution is -2.44. The Hall–Kier alpha value is -0.630. The highest BCUT2D eigenvalue weighted by molar-refractivity contribution is 14.0. The molecule has 6 heteroatoms. The van der Waals surface area contributed by atoms with Gasteiger partial charge in [-0.05, 0) is 49.6 Å².